The standard InChI is InChI=1S/C21H19NO4/c1-14-5-6-17(12-18(14)19(24)25)16-4-2-3-15(11-16)7-8-21(13-23)9-10-22-20(21)26/h2-6,11-12,23H,9-10,13H2,1H3,(H,22,26)(H,24,25)/t21-/m0/s1. The van der Waals surface area contributed by atoms with Gasteiger partial charge in [0.2, 0.25) is 5.91 Å². The summed E-state index contributed by atoms with van der Waals surface area (Å²) < 4.78 is 0. The summed E-state index contributed by atoms with van der Waals surface area (Å²) in [4.78, 5) is 23.3. The molecule has 0 radical (unpaired) electrons. The van der Waals surface area contributed by atoms with Gasteiger partial charge in [-0.1, -0.05) is 36.1 Å². The van der Waals surface area contributed by atoms with E-state index in [-0.39, 0.29) is 18.1 Å². The van der Waals surface area contributed by atoms with Crippen LogP contribution >= 0.6 is 0 Å². The first-order valence-electron chi connectivity index (χ1n) is 8.32. The Bertz CT molecular complexity index is 939. The van der Waals surface area contributed by atoms with Crippen LogP contribution in [0.1, 0.15) is 27.9 Å². The Labute approximate surface area is 151 Å². The summed E-state index contributed by atoms with van der Waals surface area (Å²) in [6.07, 6.45) is 0.481. The molecule has 0 bridgehead atoms. The maximum Gasteiger partial charge on any atom is 0.335 e. The molecule has 1 aliphatic rings. The summed E-state index contributed by atoms with van der Waals surface area (Å²) in [5.74, 6) is 4.70. The number of carbonyl (C=O) groups is 2. The van der Waals surface area contributed by atoms with Gasteiger partial charge in [0, 0.05) is 12.1 Å². The molecule has 2 aromatic rings. The van der Waals surface area contributed by atoms with Gasteiger partial charge in [-0.15, -0.1) is 0 Å². The first-order chi connectivity index (χ1) is 12.4. The number of aliphatic hydroxyl groups excluding tert-OH is 1. The molecule has 26 heavy (non-hydrogen) atoms. The Hall–Kier alpha value is -3.10. The van der Waals surface area contributed by atoms with E-state index in [1.165, 1.54) is 0 Å². The molecular weight excluding hydrogens is 330 g/mol. The quantitative estimate of drug-likeness (QED) is 0.742. The number of carboxylic acids is 1. The molecule has 0 unspecified atom stereocenters. The first-order valence-corrected chi connectivity index (χ1v) is 8.32. The molecule has 1 amide bonds. The summed E-state index contributed by atoms with van der Waals surface area (Å²) in [5, 5.41) is 21.6. The maximum absolute atomic E-state index is 11.9. The van der Waals surface area contributed by atoms with Gasteiger partial charge in [-0.25, -0.2) is 4.79 Å². The molecular formula is C21H19NO4. The largest absolute Gasteiger partial charge is 0.478 e. The first kappa shape index (κ1) is 17.7. The zero-order valence-corrected chi connectivity index (χ0v) is 14.4. The summed E-state index contributed by atoms with van der Waals surface area (Å²) in [6.45, 7) is 1.96. The second-order valence-corrected chi connectivity index (χ2v) is 6.41. The Morgan fingerprint density at radius 2 is 2.00 bits per heavy atom. The number of nitrogens with one attached hydrogen (secondary N) is 1. The summed E-state index contributed by atoms with van der Waals surface area (Å²) in [6, 6.07) is 12.7. The number of aromatic carboxylic acids is 1. The third kappa shape index (κ3) is 3.32. The zero-order chi connectivity index (χ0) is 18.7. The van der Waals surface area contributed by atoms with Crippen molar-refractivity contribution in [2.24, 2.45) is 5.41 Å². The zero-order valence-electron chi connectivity index (χ0n) is 14.4. The number of hydrogen-bond donors (Lipinski definition) is 3. The van der Waals surface area contributed by atoms with Crippen LogP contribution in [0.5, 0.6) is 0 Å². The molecule has 1 aliphatic heterocycles. The fourth-order valence-electron chi connectivity index (χ4n) is 2.98. The lowest BCUT2D eigenvalue weighted by Gasteiger charge is -2.15. The average Bonchev–Trinajstić information content (AvgIpc) is 3.01. The van der Waals surface area contributed by atoms with E-state index in [1.807, 2.05) is 30.3 Å². The molecule has 1 saturated heterocycles. The highest BCUT2D eigenvalue weighted by Crippen LogP contribution is 2.26. The predicted molar refractivity (Wildman–Crippen MR) is 97.6 cm³/mol. The number of rotatable bonds is 3. The molecule has 0 spiro atoms. The fourth-order valence-corrected chi connectivity index (χ4v) is 2.98. The third-order valence-electron chi connectivity index (χ3n) is 4.65. The molecule has 3 rings (SSSR count). The van der Waals surface area contributed by atoms with Crippen LogP contribution in [0.2, 0.25) is 0 Å². The Kier molecular flexibility index (Phi) is 4.79. The van der Waals surface area contributed by atoms with E-state index in [0.717, 1.165) is 11.1 Å². The van der Waals surface area contributed by atoms with Gasteiger partial charge in [0.05, 0.1) is 12.2 Å². The highest BCUT2D eigenvalue weighted by Gasteiger charge is 2.40. The molecule has 2 aromatic carbocycles. The lowest BCUT2D eigenvalue weighted by molar-refractivity contribution is -0.126. The molecule has 132 valence electrons. The summed E-state index contributed by atoms with van der Waals surface area (Å²) in [7, 11) is 0. The van der Waals surface area contributed by atoms with Crippen molar-refractivity contribution in [2.45, 2.75) is 13.3 Å². The minimum atomic E-state index is -1.05. The Balaban J connectivity index is 1.95. The monoisotopic (exact) mass is 349 g/mol. The number of aliphatic hydroxyl groups is 1. The van der Waals surface area contributed by atoms with E-state index >= 15 is 0 Å². The fraction of sp³-hybridized carbons (Fsp3) is 0.238. The van der Waals surface area contributed by atoms with Crippen LogP contribution in [0.25, 0.3) is 11.1 Å². The highest BCUT2D eigenvalue weighted by molar-refractivity contribution is 5.91. The molecule has 0 aromatic heterocycles. The van der Waals surface area contributed by atoms with Crippen molar-refractivity contribution in [1.29, 1.82) is 0 Å². The number of hydrogen-bond acceptors (Lipinski definition) is 3. The van der Waals surface area contributed by atoms with Gasteiger partial charge in [0.1, 0.15) is 5.41 Å². The van der Waals surface area contributed by atoms with Crippen molar-refractivity contribution in [3.8, 4) is 23.0 Å². The van der Waals surface area contributed by atoms with Gasteiger partial charge in [0.15, 0.2) is 0 Å². The van der Waals surface area contributed by atoms with Crippen molar-refractivity contribution < 1.29 is 19.8 Å². The van der Waals surface area contributed by atoms with Crippen molar-refractivity contribution in [1.82, 2.24) is 5.32 Å². The van der Waals surface area contributed by atoms with E-state index in [0.29, 0.717) is 24.1 Å². The van der Waals surface area contributed by atoms with Crippen molar-refractivity contribution in [2.75, 3.05) is 13.2 Å². The third-order valence-corrected chi connectivity index (χ3v) is 4.65. The number of carboxylic acid groups (broad SMARTS) is 1. The SMILES string of the molecule is Cc1ccc(-c2cccc(C#C[C@@]3(CO)CCNC3=O)c2)cc1C(=O)O. The normalized spacial score (nSPS) is 18.8. The molecule has 5 nitrogen and oxygen atoms in total. The number of aryl methyl sites for hydroxylation is 1. The van der Waals surface area contributed by atoms with Crippen LogP contribution in [0.15, 0.2) is 42.5 Å². The van der Waals surface area contributed by atoms with Gasteiger partial charge < -0.3 is 15.5 Å². The van der Waals surface area contributed by atoms with Crippen LogP contribution < -0.4 is 5.32 Å². The average molecular weight is 349 g/mol. The van der Waals surface area contributed by atoms with Crippen molar-refractivity contribution in [3.05, 3.63) is 59.2 Å². The summed E-state index contributed by atoms with van der Waals surface area (Å²) >= 11 is 0. The number of carbonyl (C=O) groups excluding carboxylic acids is 1. The van der Waals surface area contributed by atoms with Crippen LogP contribution in [-0.4, -0.2) is 35.2 Å². The molecule has 1 fully saturated rings. The minimum absolute atomic E-state index is 0.242. The number of amides is 1. The number of benzene rings is 2. The van der Waals surface area contributed by atoms with Crippen molar-refractivity contribution >= 4 is 11.9 Å². The second-order valence-electron chi connectivity index (χ2n) is 6.41. The van der Waals surface area contributed by atoms with Gasteiger partial charge in [-0.3, -0.25) is 4.79 Å². The van der Waals surface area contributed by atoms with Gasteiger partial charge in [0.25, 0.3) is 0 Å². The van der Waals surface area contributed by atoms with Crippen LogP contribution in [0, 0.1) is 24.2 Å². The topological polar surface area (TPSA) is 86.6 Å². The molecule has 1 heterocycles. The van der Waals surface area contributed by atoms with Gasteiger partial charge in [-0.05, 0) is 48.2 Å². The van der Waals surface area contributed by atoms with Crippen LogP contribution in [0.4, 0.5) is 0 Å². The minimum Gasteiger partial charge on any atom is -0.478 e. The summed E-state index contributed by atoms with van der Waals surface area (Å²) in [5.41, 5.74) is 2.25. The Morgan fingerprint density at radius 1 is 1.23 bits per heavy atom. The van der Waals surface area contributed by atoms with E-state index in [1.54, 1.807) is 19.1 Å². The lowest BCUT2D eigenvalue weighted by Crippen LogP contribution is -2.33. The van der Waals surface area contributed by atoms with Crippen LogP contribution in [-0.2, 0) is 4.79 Å². The van der Waals surface area contributed by atoms with Gasteiger partial charge >= 0.3 is 5.97 Å². The molecule has 5 heteroatoms. The second kappa shape index (κ2) is 7.03. The van der Waals surface area contributed by atoms with E-state index in [9.17, 15) is 19.8 Å². The van der Waals surface area contributed by atoms with Gasteiger partial charge in [-0.2, -0.15) is 0 Å². The molecule has 1 atom stereocenters. The van der Waals surface area contributed by atoms with Crippen molar-refractivity contribution in [3.63, 3.8) is 0 Å². The van der Waals surface area contributed by atoms with E-state index in [2.05, 4.69) is 17.2 Å². The lowest BCUT2D eigenvalue weighted by atomic mass is 9.88. The van der Waals surface area contributed by atoms with E-state index < -0.39 is 11.4 Å². The molecule has 0 saturated carbocycles. The van der Waals surface area contributed by atoms with Crippen LogP contribution in [0.3, 0.4) is 0 Å². The molecule has 3 N–H and O–H groups in total. The maximum atomic E-state index is 11.9. The molecule has 0 aliphatic carbocycles. The predicted octanol–water partition coefficient (Wildman–Crippen LogP) is 2.21. The highest BCUT2D eigenvalue weighted by atomic mass is 16.4. The smallest absolute Gasteiger partial charge is 0.335 e. The Morgan fingerprint density at radius 3 is 2.65 bits per heavy atom. The van der Waals surface area contributed by atoms with E-state index in [4.69, 9.17) is 0 Å².